The summed E-state index contributed by atoms with van der Waals surface area (Å²) in [6.07, 6.45) is 2.30. The Morgan fingerprint density at radius 1 is 1.00 bits per heavy atom. The van der Waals surface area contributed by atoms with Crippen LogP contribution in [-0.2, 0) is 4.79 Å². The maximum Gasteiger partial charge on any atom is 0.255 e. The number of amides is 2. The molecule has 2 aromatic rings. The van der Waals surface area contributed by atoms with E-state index in [0.717, 1.165) is 37.2 Å². The molecule has 7 heteroatoms. The van der Waals surface area contributed by atoms with Crippen LogP contribution in [-0.4, -0.2) is 56.6 Å². The normalized spacial score (nSPS) is 14.6. The number of hydrogen-bond donors (Lipinski definition) is 2. The highest BCUT2D eigenvalue weighted by molar-refractivity contribution is 5.98. The number of likely N-dealkylation sites (tertiary alicyclic amines) is 1. The molecule has 0 aromatic heterocycles. The number of carbonyl (C=O) groups is 2. The third-order valence-electron chi connectivity index (χ3n) is 5.41. The molecular formula is C24H31N3O4. The predicted molar refractivity (Wildman–Crippen MR) is 119 cm³/mol. The van der Waals surface area contributed by atoms with Crippen LogP contribution >= 0.6 is 0 Å². The lowest BCUT2D eigenvalue weighted by atomic mass is 10.0. The van der Waals surface area contributed by atoms with Crippen LogP contribution in [0.1, 0.15) is 41.7 Å². The molecule has 2 N–H and O–H groups in total. The summed E-state index contributed by atoms with van der Waals surface area (Å²) < 4.78 is 11.0. The molecule has 0 saturated carbocycles. The monoisotopic (exact) mass is 425 g/mol. The first-order valence-electron chi connectivity index (χ1n) is 10.8. The Morgan fingerprint density at radius 3 is 2.39 bits per heavy atom. The van der Waals surface area contributed by atoms with E-state index < -0.39 is 0 Å². The quantitative estimate of drug-likeness (QED) is 0.612. The Bertz CT molecular complexity index is 881. The van der Waals surface area contributed by atoms with Gasteiger partial charge in [0.25, 0.3) is 5.91 Å². The van der Waals surface area contributed by atoms with E-state index in [4.69, 9.17) is 9.47 Å². The average Bonchev–Trinajstić information content (AvgIpc) is 3.33. The van der Waals surface area contributed by atoms with E-state index in [-0.39, 0.29) is 24.4 Å². The van der Waals surface area contributed by atoms with Crippen LogP contribution in [0.15, 0.2) is 48.5 Å². The molecule has 1 aliphatic rings. The number of rotatable bonds is 10. The van der Waals surface area contributed by atoms with Crippen LogP contribution in [0.3, 0.4) is 0 Å². The second-order valence-electron chi connectivity index (χ2n) is 7.42. The van der Waals surface area contributed by atoms with Crippen molar-refractivity contribution in [3.63, 3.8) is 0 Å². The van der Waals surface area contributed by atoms with Gasteiger partial charge in [0.1, 0.15) is 11.5 Å². The molecular weight excluding hydrogens is 394 g/mol. The van der Waals surface area contributed by atoms with Crippen LogP contribution in [0.4, 0.5) is 0 Å². The molecule has 0 bridgehead atoms. The van der Waals surface area contributed by atoms with Gasteiger partial charge in [0.2, 0.25) is 5.91 Å². The van der Waals surface area contributed by atoms with Crippen LogP contribution < -0.4 is 20.1 Å². The van der Waals surface area contributed by atoms with Crippen LogP contribution in [0.2, 0.25) is 0 Å². The first-order valence-corrected chi connectivity index (χ1v) is 10.8. The minimum atomic E-state index is -0.333. The summed E-state index contributed by atoms with van der Waals surface area (Å²) >= 11 is 0. The average molecular weight is 426 g/mol. The number of ether oxygens (including phenoxy) is 2. The van der Waals surface area contributed by atoms with Gasteiger partial charge in [0.15, 0.2) is 0 Å². The van der Waals surface area contributed by atoms with Gasteiger partial charge >= 0.3 is 0 Å². The van der Waals surface area contributed by atoms with Crippen molar-refractivity contribution < 1.29 is 19.1 Å². The molecule has 0 aliphatic carbocycles. The lowest BCUT2D eigenvalue weighted by Gasteiger charge is -2.29. The number of nitrogens with one attached hydrogen (secondary N) is 2. The molecule has 1 atom stereocenters. The molecule has 1 fully saturated rings. The number of hydrogen-bond acceptors (Lipinski definition) is 5. The fourth-order valence-corrected chi connectivity index (χ4v) is 3.90. The van der Waals surface area contributed by atoms with Gasteiger partial charge in [-0.15, -0.1) is 0 Å². The van der Waals surface area contributed by atoms with E-state index in [1.54, 1.807) is 25.3 Å². The third kappa shape index (κ3) is 5.98. The predicted octanol–water partition coefficient (Wildman–Crippen LogP) is 2.78. The second kappa shape index (κ2) is 11.4. The lowest BCUT2D eigenvalue weighted by Crippen LogP contribution is -2.41. The molecule has 2 aromatic carbocycles. The lowest BCUT2D eigenvalue weighted by molar-refractivity contribution is -0.120. The second-order valence-corrected chi connectivity index (χ2v) is 7.42. The number of methoxy groups -OCH3 is 1. The topological polar surface area (TPSA) is 79.9 Å². The Hall–Kier alpha value is -3.06. The van der Waals surface area contributed by atoms with Gasteiger partial charge in [-0.25, -0.2) is 0 Å². The summed E-state index contributed by atoms with van der Waals surface area (Å²) in [5.74, 6) is 0.754. The Morgan fingerprint density at radius 2 is 1.68 bits per heavy atom. The number of benzene rings is 2. The maximum atomic E-state index is 12.5. The molecule has 0 spiro atoms. The summed E-state index contributed by atoms with van der Waals surface area (Å²) in [7, 11) is 1.66. The molecule has 1 unspecified atom stereocenters. The first-order chi connectivity index (χ1) is 15.1. The Balaban J connectivity index is 1.59. The molecule has 1 saturated heterocycles. The highest BCUT2D eigenvalue weighted by Gasteiger charge is 2.26. The van der Waals surface area contributed by atoms with Crippen molar-refractivity contribution in [3.8, 4) is 11.5 Å². The van der Waals surface area contributed by atoms with E-state index in [2.05, 4.69) is 15.5 Å². The number of nitrogens with zero attached hydrogens (tertiary/aromatic N) is 1. The van der Waals surface area contributed by atoms with Crippen LogP contribution in [0.5, 0.6) is 11.5 Å². The van der Waals surface area contributed by atoms with Crippen molar-refractivity contribution in [2.45, 2.75) is 25.8 Å². The van der Waals surface area contributed by atoms with Gasteiger partial charge in [-0.1, -0.05) is 30.3 Å². The Kier molecular flexibility index (Phi) is 8.29. The van der Waals surface area contributed by atoms with Crippen molar-refractivity contribution in [3.05, 3.63) is 59.7 Å². The van der Waals surface area contributed by atoms with Gasteiger partial charge in [-0.3, -0.25) is 14.5 Å². The molecule has 31 heavy (non-hydrogen) atoms. The Labute approximate surface area is 183 Å². The van der Waals surface area contributed by atoms with Crippen LogP contribution in [0, 0.1) is 0 Å². The number of para-hydroxylation sites is 2. The van der Waals surface area contributed by atoms with Gasteiger partial charge in [0.05, 0.1) is 31.9 Å². The minimum absolute atomic E-state index is 0.0250. The van der Waals surface area contributed by atoms with Crippen molar-refractivity contribution in [2.24, 2.45) is 0 Å². The minimum Gasteiger partial charge on any atom is -0.496 e. The van der Waals surface area contributed by atoms with E-state index in [1.807, 2.05) is 37.3 Å². The van der Waals surface area contributed by atoms with E-state index in [9.17, 15) is 9.59 Å². The zero-order chi connectivity index (χ0) is 22.1. The highest BCUT2D eigenvalue weighted by Crippen LogP contribution is 2.31. The zero-order valence-corrected chi connectivity index (χ0v) is 18.2. The summed E-state index contributed by atoms with van der Waals surface area (Å²) in [6.45, 7) is 4.65. The largest absolute Gasteiger partial charge is 0.496 e. The van der Waals surface area contributed by atoms with Crippen molar-refractivity contribution in [1.29, 1.82) is 0 Å². The summed E-state index contributed by atoms with van der Waals surface area (Å²) in [4.78, 5) is 27.4. The van der Waals surface area contributed by atoms with Crippen molar-refractivity contribution in [1.82, 2.24) is 15.5 Å². The summed E-state index contributed by atoms with van der Waals surface area (Å²) in [5.41, 5.74) is 1.47. The van der Waals surface area contributed by atoms with Crippen molar-refractivity contribution in [2.75, 3.05) is 39.9 Å². The van der Waals surface area contributed by atoms with E-state index in [0.29, 0.717) is 24.5 Å². The maximum absolute atomic E-state index is 12.5. The zero-order valence-electron chi connectivity index (χ0n) is 18.2. The van der Waals surface area contributed by atoms with Gasteiger partial charge in [-0.2, -0.15) is 0 Å². The third-order valence-corrected chi connectivity index (χ3v) is 5.41. The molecule has 166 valence electrons. The van der Waals surface area contributed by atoms with Gasteiger partial charge < -0.3 is 20.1 Å². The molecule has 0 radical (unpaired) electrons. The van der Waals surface area contributed by atoms with E-state index in [1.165, 1.54) is 0 Å². The highest BCUT2D eigenvalue weighted by atomic mass is 16.5. The number of carbonyl (C=O) groups excluding carboxylic acids is 2. The summed E-state index contributed by atoms with van der Waals surface area (Å²) in [6, 6.07) is 14.9. The fraction of sp³-hybridized carbons (Fsp3) is 0.417. The molecule has 1 aliphatic heterocycles. The van der Waals surface area contributed by atoms with Crippen LogP contribution in [0.25, 0.3) is 0 Å². The summed E-state index contributed by atoms with van der Waals surface area (Å²) in [5, 5.41) is 5.66. The molecule has 2 amide bonds. The smallest absolute Gasteiger partial charge is 0.255 e. The van der Waals surface area contributed by atoms with Crippen molar-refractivity contribution >= 4 is 11.8 Å². The standard InChI is InChI=1S/C24H31N3O4/c1-3-31-22-13-7-5-11-19(22)24(29)26-17-23(28)25-16-20(27-14-8-9-15-27)18-10-4-6-12-21(18)30-2/h4-7,10-13,20H,3,8-9,14-17H2,1-2H3,(H,25,28)(H,26,29). The SMILES string of the molecule is CCOc1ccccc1C(=O)NCC(=O)NCC(c1ccccc1OC)N1CCCC1. The van der Waals surface area contributed by atoms with E-state index >= 15 is 0 Å². The van der Waals surface area contributed by atoms with Gasteiger partial charge in [-0.05, 0) is 51.1 Å². The van der Waals surface area contributed by atoms with Gasteiger partial charge in [0, 0.05) is 12.1 Å². The first kappa shape index (κ1) is 22.6. The fourth-order valence-electron chi connectivity index (χ4n) is 3.90. The molecule has 7 nitrogen and oxygen atoms in total. The molecule has 1 heterocycles. The molecule has 3 rings (SSSR count).